The zero-order valence-electron chi connectivity index (χ0n) is 13.3. The fourth-order valence-electron chi connectivity index (χ4n) is 2.68. The fourth-order valence-corrected chi connectivity index (χ4v) is 2.68. The number of piperidine rings is 1. The van der Waals surface area contributed by atoms with Gasteiger partial charge in [0.15, 0.2) is 0 Å². The topological polar surface area (TPSA) is 54.5 Å². The lowest BCUT2D eigenvalue weighted by Crippen LogP contribution is -2.51. The summed E-state index contributed by atoms with van der Waals surface area (Å²) in [5.41, 5.74) is 0.632. The first-order valence-corrected chi connectivity index (χ1v) is 7.48. The Bertz CT molecular complexity index is 470. The summed E-state index contributed by atoms with van der Waals surface area (Å²) in [7, 11) is 0. The van der Waals surface area contributed by atoms with Crippen LogP contribution in [0.1, 0.15) is 34.1 Å². The first kappa shape index (κ1) is 15.6. The maximum absolute atomic E-state index is 11.9. The number of carbonyl (C=O) groups excluding carboxylic acids is 1. The number of hydrogen-bond donors (Lipinski definition) is 1. The number of carbonyl (C=O) groups is 1. The van der Waals surface area contributed by atoms with Crippen LogP contribution in [-0.4, -0.2) is 35.8 Å². The number of pyridine rings is 1. The van der Waals surface area contributed by atoms with Crippen molar-refractivity contribution in [2.24, 2.45) is 5.92 Å². The van der Waals surface area contributed by atoms with E-state index in [1.54, 1.807) is 6.20 Å². The van der Waals surface area contributed by atoms with Gasteiger partial charge in [-0.15, -0.1) is 0 Å². The minimum atomic E-state index is -0.465. The summed E-state index contributed by atoms with van der Waals surface area (Å²) in [6.07, 6.45) is 4.26. The van der Waals surface area contributed by atoms with Gasteiger partial charge in [0, 0.05) is 25.3 Å². The second-order valence-electron chi connectivity index (χ2n) is 6.80. The summed E-state index contributed by atoms with van der Waals surface area (Å²) in [4.78, 5) is 18.3. The van der Waals surface area contributed by atoms with Crippen LogP contribution in [0.4, 0.5) is 10.5 Å². The molecule has 1 amide bonds. The van der Waals surface area contributed by atoms with Gasteiger partial charge in [-0.05, 0) is 45.2 Å². The molecule has 1 aliphatic heterocycles. The Morgan fingerprint density at radius 2 is 2.19 bits per heavy atom. The smallest absolute Gasteiger partial charge is 0.407 e. The quantitative estimate of drug-likeness (QED) is 0.910. The van der Waals surface area contributed by atoms with Gasteiger partial charge in [-0.1, -0.05) is 6.92 Å². The van der Waals surface area contributed by atoms with Crippen molar-refractivity contribution in [1.29, 1.82) is 0 Å². The van der Waals surface area contributed by atoms with Crippen LogP contribution in [0.25, 0.3) is 0 Å². The maximum atomic E-state index is 11.9. The second kappa shape index (κ2) is 6.33. The van der Waals surface area contributed by atoms with Crippen molar-refractivity contribution < 1.29 is 9.53 Å². The minimum Gasteiger partial charge on any atom is -0.444 e. The highest BCUT2D eigenvalue weighted by Crippen LogP contribution is 2.22. The molecule has 0 saturated carbocycles. The number of nitrogens with one attached hydrogen (secondary N) is 1. The van der Waals surface area contributed by atoms with Gasteiger partial charge in [0.25, 0.3) is 0 Å². The molecule has 1 aromatic heterocycles. The van der Waals surface area contributed by atoms with Gasteiger partial charge in [0.1, 0.15) is 5.60 Å². The van der Waals surface area contributed by atoms with E-state index in [0.29, 0.717) is 5.92 Å². The summed E-state index contributed by atoms with van der Waals surface area (Å²) in [5.74, 6) is 0.513. The highest BCUT2D eigenvalue weighted by molar-refractivity contribution is 5.68. The van der Waals surface area contributed by atoms with Crippen molar-refractivity contribution in [3.8, 4) is 0 Å². The normalized spacial score (nSPS) is 22.8. The summed E-state index contributed by atoms with van der Waals surface area (Å²) in [6, 6.07) is 4.09. The lowest BCUT2D eigenvalue weighted by atomic mass is 9.95. The first-order valence-electron chi connectivity index (χ1n) is 7.48. The molecule has 1 N–H and O–H groups in total. The van der Waals surface area contributed by atoms with Crippen LogP contribution in [0.3, 0.4) is 0 Å². The van der Waals surface area contributed by atoms with E-state index in [9.17, 15) is 4.79 Å². The molecular weight excluding hydrogens is 266 g/mol. The van der Waals surface area contributed by atoms with Crippen molar-refractivity contribution in [3.05, 3.63) is 24.5 Å². The van der Waals surface area contributed by atoms with Crippen LogP contribution in [0.5, 0.6) is 0 Å². The third-order valence-electron chi connectivity index (χ3n) is 3.39. The first-order chi connectivity index (χ1) is 9.83. The van der Waals surface area contributed by atoms with E-state index in [4.69, 9.17) is 4.74 Å². The molecule has 0 aliphatic carbocycles. The zero-order valence-corrected chi connectivity index (χ0v) is 13.3. The van der Waals surface area contributed by atoms with Gasteiger partial charge >= 0.3 is 6.09 Å². The largest absolute Gasteiger partial charge is 0.444 e. The van der Waals surface area contributed by atoms with Crippen LogP contribution in [0.15, 0.2) is 24.5 Å². The summed E-state index contributed by atoms with van der Waals surface area (Å²) in [6.45, 7) is 9.59. The van der Waals surface area contributed by atoms with Gasteiger partial charge in [-0.2, -0.15) is 0 Å². The van der Waals surface area contributed by atoms with E-state index in [0.717, 1.165) is 25.2 Å². The predicted molar refractivity (Wildman–Crippen MR) is 83.4 cm³/mol. The Morgan fingerprint density at radius 3 is 2.81 bits per heavy atom. The monoisotopic (exact) mass is 291 g/mol. The Hall–Kier alpha value is -1.78. The number of rotatable bonds is 2. The van der Waals surface area contributed by atoms with Crippen molar-refractivity contribution >= 4 is 11.8 Å². The molecule has 5 heteroatoms. The molecule has 1 fully saturated rings. The van der Waals surface area contributed by atoms with E-state index in [1.165, 1.54) is 0 Å². The Morgan fingerprint density at radius 1 is 1.43 bits per heavy atom. The standard InChI is InChI=1S/C16H25N3O2/c1-12-8-13(18-15(20)21-16(2,3)4)11-19(10-12)14-6-5-7-17-9-14/h5-7,9,12-13H,8,10-11H2,1-4H3,(H,18,20)/t12-,13+/m1/s1. The van der Waals surface area contributed by atoms with Crippen molar-refractivity contribution in [2.75, 3.05) is 18.0 Å². The number of amides is 1. The Labute approximate surface area is 126 Å². The van der Waals surface area contributed by atoms with Crippen molar-refractivity contribution in [2.45, 2.75) is 45.8 Å². The van der Waals surface area contributed by atoms with E-state index in [-0.39, 0.29) is 12.1 Å². The molecule has 0 radical (unpaired) electrons. The highest BCUT2D eigenvalue weighted by Gasteiger charge is 2.27. The molecule has 5 nitrogen and oxygen atoms in total. The minimum absolute atomic E-state index is 0.101. The number of anilines is 1. The molecule has 21 heavy (non-hydrogen) atoms. The van der Waals surface area contributed by atoms with Gasteiger partial charge in [0.05, 0.1) is 11.9 Å². The maximum Gasteiger partial charge on any atom is 0.407 e. The lowest BCUT2D eigenvalue weighted by molar-refractivity contribution is 0.0495. The Kier molecular flexibility index (Phi) is 4.70. The second-order valence-corrected chi connectivity index (χ2v) is 6.80. The molecule has 2 rings (SSSR count). The van der Waals surface area contributed by atoms with Gasteiger partial charge in [0.2, 0.25) is 0 Å². The van der Waals surface area contributed by atoms with E-state index < -0.39 is 5.60 Å². The molecule has 2 heterocycles. The average molecular weight is 291 g/mol. The van der Waals surface area contributed by atoms with Crippen molar-refractivity contribution in [3.63, 3.8) is 0 Å². The summed E-state index contributed by atoms with van der Waals surface area (Å²) >= 11 is 0. The van der Waals surface area contributed by atoms with Gasteiger partial charge < -0.3 is 15.0 Å². The van der Waals surface area contributed by atoms with Crippen LogP contribution in [-0.2, 0) is 4.74 Å². The lowest BCUT2D eigenvalue weighted by Gasteiger charge is -2.38. The fraction of sp³-hybridized carbons (Fsp3) is 0.625. The Balaban J connectivity index is 1.96. The molecule has 116 valence electrons. The third-order valence-corrected chi connectivity index (χ3v) is 3.39. The molecular formula is C16H25N3O2. The van der Waals surface area contributed by atoms with Gasteiger partial charge in [-0.25, -0.2) is 4.79 Å². The van der Waals surface area contributed by atoms with Crippen LogP contribution >= 0.6 is 0 Å². The SMILES string of the molecule is C[C@@H]1C[C@H](NC(=O)OC(C)(C)C)CN(c2cccnc2)C1. The van der Waals surface area contributed by atoms with Gasteiger partial charge in [-0.3, -0.25) is 4.98 Å². The summed E-state index contributed by atoms with van der Waals surface area (Å²) in [5, 5.41) is 2.98. The predicted octanol–water partition coefficient (Wildman–Crippen LogP) is 2.82. The van der Waals surface area contributed by atoms with E-state index in [2.05, 4.69) is 28.2 Å². The molecule has 2 atom stereocenters. The number of alkyl carbamates (subject to hydrolysis) is 1. The third kappa shape index (κ3) is 4.92. The summed E-state index contributed by atoms with van der Waals surface area (Å²) < 4.78 is 5.34. The average Bonchev–Trinajstić information content (AvgIpc) is 2.36. The van der Waals surface area contributed by atoms with Crippen LogP contribution < -0.4 is 10.2 Å². The van der Waals surface area contributed by atoms with Crippen LogP contribution in [0.2, 0.25) is 0 Å². The van der Waals surface area contributed by atoms with E-state index >= 15 is 0 Å². The zero-order chi connectivity index (χ0) is 15.5. The number of nitrogens with zero attached hydrogens (tertiary/aromatic N) is 2. The molecule has 1 aromatic rings. The molecule has 0 spiro atoms. The molecule has 1 saturated heterocycles. The van der Waals surface area contributed by atoms with Crippen LogP contribution in [0, 0.1) is 5.92 Å². The highest BCUT2D eigenvalue weighted by atomic mass is 16.6. The molecule has 0 aromatic carbocycles. The molecule has 0 bridgehead atoms. The molecule has 0 unspecified atom stereocenters. The molecule has 1 aliphatic rings. The van der Waals surface area contributed by atoms with E-state index in [1.807, 2.05) is 33.0 Å². The number of ether oxygens (including phenoxy) is 1. The van der Waals surface area contributed by atoms with Crippen molar-refractivity contribution in [1.82, 2.24) is 10.3 Å². The number of hydrogen-bond acceptors (Lipinski definition) is 4. The number of aromatic nitrogens is 1.